The van der Waals surface area contributed by atoms with Gasteiger partial charge in [-0.1, -0.05) is 11.6 Å². The van der Waals surface area contributed by atoms with E-state index < -0.39 is 0 Å². The minimum Gasteiger partial charge on any atom is -0.361 e. The lowest BCUT2D eigenvalue weighted by molar-refractivity contribution is 0.707. The van der Waals surface area contributed by atoms with Gasteiger partial charge in [-0.2, -0.15) is 4.98 Å². The third-order valence-corrected chi connectivity index (χ3v) is 2.69. The summed E-state index contributed by atoms with van der Waals surface area (Å²) in [6.45, 7) is 3.36. The van der Waals surface area contributed by atoms with Gasteiger partial charge in [-0.05, 0) is 6.92 Å². The molecule has 0 fully saturated rings. The fraction of sp³-hybridized carbons (Fsp3) is 0.400. The van der Waals surface area contributed by atoms with Gasteiger partial charge in [0, 0.05) is 13.6 Å². The predicted octanol–water partition coefficient (Wildman–Crippen LogP) is 1.40. The van der Waals surface area contributed by atoms with Crippen molar-refractivity contribution >= 4 is 23.4 Å². The summed E-state index contributed by atoms with van der Waals surface area (Å²) < 4.78 is 1.95. The van der Waals surface area contributed by atoms with Crippen LogP contribution in [0.15, 0.2) is 12.5 Å². The number of aromatic nitrogens is 5. The third-order valence-electron chi connectivity index (χ3n) is 2.42. The Bertz CT molecular complexity index is 525. The van der Waals surface area contributed by atoms with Crippen molar-refractivity contribution in [2.24, 2.45) is 0 Å². The van der Waals surface area contributed by atoms with Crippen molar-refractivity contribution in [3.8, 4) is 0 Å². The summed E-state index contributed by atoms with van der Waals surface area (Å²) in [5, 5.41) is 14.3. The normalized spacial score (nSPS) is 10.4. The van der Waals surface area contributed by atoms with Gasteiger partial charge in [0.1, 0.15) is 11.3 Å². The van der Waals surface area contributed by atoms with E-state index in [0.29, 0.717) is 23.3 Å². The molecule has 0 radical (unpaired) electrons. The monoisotopic (exact) mass is 267 g/mol. The van der Waals surface area contributed by atoms with Gasteiger partial charge in [0.25, 0.3) is 0 Å². The number of aryl methyl sites for hydroxylation is 1. The summed E-state index contributed by atoms with van der Waals surface area (Å²) in [6.07, 6.45) is 3.24. The summed E-state index contributed by atoms with van der Waals surface area (Å²) in [6, 6.07) is 0. The second-order valence-electron chi connectivity index (χ2n) is 3.53. The molecule has 0 aromatic carbocycles. The van der Waals surface area contributed by atoms with E-state index in [0.717, 1.165) is 12.4 Å². The Kier molecular flexibility index (Phi) is 3.93. The van der Waals surface area contributed by atoms with Crippen LogP contribution in [0.25, 0.3) is 0 Å². The number of hydrogen-bond donors (Lipinski definition) is 2. The minimum atomic E-state index is 0.469. The van der Waals surface area contributed by atoms with Crippen molar-refractivity contribution in [3.63, 3.8) is 0 Å². The van der Waals surface area contributed by atoms with E-state index in [9.17, 15) is 0 Å². The molecule has 0 unspecified atom stereocenters. The fourth-order valence-electron chi connectivity index (χ4n) is 1.45. The topological polar surface area (TPSA) is 80.5 Å². The highest BCUT2D eigenvalue weighted by Crippen LogP contribution is 2.19. The SMILES string of the molecule is CCn1cnnc1CNc1nc(NC)ncc1Cl. The highest BCUT2D eigenvalue weighted by molar-refractivity contribution is 6.32. The molecule has 0 spiro atoms. The van der Waals surface area contributed by atoms with Crippen LogP contribution in [-0.4, -0.2) is 31.8 Å². The molecule has 0 saturated heterocycles. The Morgan fingerprint density at radius 3 is 3.00 bits per heavy atom. The van der Waals surface area contributed by atoms with Gasteiger partial charge in [0.2, 0.25) is 5.95 Å². The average molecular weight is 268 g/mol. The highest BCUT2D eigenvalue weighted by Gasteiger charge is 2.07. The number of rotatable bonds is 5. The van der Waals surface area contributed by atoms with Crippen molar-refractivity contribution in [3.05, 3.63) is 23.4 Å². The number of hydrogen-bond acceptors (Lipinski definition) is 6. The van der Waals surface area contributed by atoms with Crippen LogP contribution in [0.3, 0.4) is 0 Å². The summed E-state index contributed by atoms with van der Waals surface area (Å²) in [5.74, 6) is 1.92. The Balaban J connectivity index is 2.10. The fourth-order valence-corrected chi connectivity index (χ4v) is 1.61. The van der Waals surface area contributed by atoms with E-state index in [2.05, 4.69) is 30.8 Å². The quantitative estimate of drug-likeness (QED) is 0.852. The van der Waals surface area contributed by atoms with Crippen molar-refractivity contribution in [2.45, 2.75) is 20.0 Å². The molecular formula is C10H14ClN7. The Hall–Kier alpha value is -1.89. The molecule has 0 atom stereocenters. The van der Waals surface area contributed by atoms with Crippen molar-refractivity contribution < 1.29 is 0 Å². The molecule has 0 aliphatic carbocycles. The number of nitrogens with one attached hydrogen (secondary N) is 2. The van der Waals surface area contributed by atoms with Crippen molar-refractivity contribution in [1.82, 2.24) is 24.7 Å². The molecule has 0 aliphatic heterocycles. The van der Waals surface area contributed by atoms with Crippen LogP contribution < -0.4 is 10.6 Å². The molecule has 2 heterocycles. The van der Waals surface area contributed by atoms with E-state index in [1.54, 1.807) is 19.6 Å². The molecule has 2 aromatic rings. The van der Waals surface area contributed by atoms with E-state index >= 15 is 0 Å². The smallest absolute Gasteiger partial charge is 0.224 e. The lowest BCUT2D eigenvalue weighted by atomic mass is 10.5. The molecule has 0 aliphatic rings. The average Bonchev–Trinajstić information content (AvgIpc) is 2.85. The van der Waals surface area contributed by atoms with Crippen molar-refractivity contribution in [1.29, 1.82) is 0 Å². The summed E-state index contributed by atoms with van der Waals surface area (Å²) >= 11 is 6.01. The lowest BCUT2D eigenvalue weighted by Crippen LogP contribution is -2.09. The largest absolute Gasteiger partial charge is 0.361 e. The maximum atomic E-state index is 6.01. The van der Waals surface area contributed by atoms with Crippen LogP contribution in [0, 0.1) is 0 Å². The molecule has 2 aromatic heterocycles. The first-order chi connectivity index (χ1) is 8.74. The molecule has 8 heteroatoms. The van der Waals surface area contributed by atoms with Gasteiger partial charge in [0.15, 0.2) is 11.6 Å². The molecule has 0 amide bonds. The van der Waals surface area contributed by atoms with E-state index in [4.69, 9.17) is 11.6 Å². The number of anilines is 2. The van der Waals surface area contributed by atoms with Crippen LogP contribution in [0.1, 0.15) is 12.7 Å². The lowest BCUT2D eigenvalue weighted by Gasteiger charge is -2.08. The molecule has 18 heavy (non-hydrogen) atoms. The summed E-state index contributed by atoms with van der Waals surface area (Å²) in [4.78, 5) is 8.23. The Morgan fingerprint density at radius 1 is 1.44 bits per heavy atom. The van der Waals surface area contributed by atoms with Gasteiger partial charge in [-0.15, -0.1) is 10.2 Å². The van der Waals surface area contributed by atoms with E-state index in [1.807, 2.05) is 11.5 Å². The first kappa shape index (κ1) is 12.6. The first-order valence-electron chi connectivity index (χ1n) is 5.55. The summed E-state index contributed by atoms with van der Waals surface area (Å²) in [5.41, 5.74) is 0. The Morgan fingerprint density at radius 2 is 2.28 bits per heavy atom. The van der Waals surface area contributed by atoms with Crippen LogP contribution in [0.4, 0.5) is 11.8 Å². The molecule has 0 bridgehead atoms. The maximum Gasteiger partial charge on any atom is 0.224 e. The van der Waals surface area contributed by atoms with Gasteiger partial charge in [-0.3, -0.25) is 0 Å². The minimum absolute atomic E-state index is 0.469. The zero-order valence-electron chi connectivity index (χ0n) is 10.2. The molecule has 0 saturated carbocycles. The van der Waals surface area contributed by atoms with Crippen LogP contribution >= 0.6 is 11.6 Å². The first-order valence-corrected chi connectivity index (χ1v) is 5.93. The van der Waals surface area contributed by atoms with Crippen LogP contribution in [-0.2, 0) is 13.1 Å². The number of nitrogens with zero attached hydrogens (tertiary/aromatic N) is 5. The van der Waals surface area contributed by atoms with Crippen LogP contribution in [0.5, 0.6) is 0 Å². The molecular weight excluding hydrogens is 254 g/mol. The summed E-state index contributed by atoms with van der Waals surface area (Å²) in [7, 11) is 1.75. The van der Waals surface area contributed by atoms with Crippen LogP contribution in [0.2, 0.25) is 5.02 Å². The third kappa shape index (κ3) is 2.67. The van der Waals surface area contributed by atoms with E-state index in [1.165, 1.54) is 0 Å². The van der Waals surface area contributed by atoms with E-state index in [-0.39, 0.29) is 0 Å². The zero-order chi connectivity index (χ0) is 13.0. The van der Waals surface area contributed by atoms with Gasteiger partial charge in [-0.25, -0.2) is 4.98 Å². The molecule has 7 nitrogen and oxygen atoms in total. The zero-order valence-corrected chi connectivity index (χ0v) is 10.9. The number of halogens is 1. The van der Waals surface area contributed by atoms with Crippen molar-refractivity contribution in [2.75, 3.05) is 17.7 Å². The highest BCUT2D eigenvalue weighted by atomic mass is 35.5. The molecule has 2 N–H and O–H groups in total. The second-order valence-corrected chi connectivity index (χ2v) is 3.93. The van der Waals surface area contributed by atoms with Gasteiger partial charge in [0.05, 0.1) is 12.7 Å². The Labute approximate surface area is 110 Å². The molecule has 96 valence electrons. The maximum absolute atomic E-state index is 6.01. The predicted molar refractivity (Wildman–Crippen MR) is 69.6 cm³/mol. The standard InChI is InChI=1S/C10H14ClN7/c1-3-18-6-15-17-8(18)5-13-9-7(11)4-14-10(12-2)16-9/h4,6H,3,5H2,1-2H3,(H2,12,13,14,16). The second kappa shape index (κ2) is 5.63. The van der Waals surface area contributed by atoms with Gasteiger partial charge < -0.3 is 15.2 Å². The van der Waals surface area contributed by atoms with Gasteiger partial charge >= 0.3 is 0 Å². The molecule has 2 rings (SSSR count).